The molecule has 1 aliphatic heterocycles. The van der Waals surface area contributed by atoms with Crippen molar-refractivity contribution < 1.29 is 19.4 Å². The van der Waals surface area contributed by atoms with Crippen LogP contribution in [-0.2, 0) is 4.74 Å². The number of carbonyl (C=O) groups excluding carboxylic acids is 1. The third-order valence-electron chi connectivity index (χ3n) is 7.02. The maximum absolute atomic E-state index is 12.9. The van der Waals surface area contributed by atoms with E-state index in [4.69, 9.17) is 11.2 Å². The van der Waals surface area contributed by atoms with Gasteiger partial charge < -0.3 is 19.6 Å². The molecule has 1 N–H and O–H groups in total. The molecule has 1 fully saturated rings. The zero-order valence-corrected chi connectivity index (χ0v) is 19.5. The van der Waals surface area contributed by atoms with E-state index in [0.717, 1.165) is 5.69 Å². The Morgan fingerprint density at radius 1 is 1.00 bits per heavy atom. The summed E-state index contributed by atoms with van der Waals surface area (Å²) in [6.07, 6.45) is 5.27. The average Bonchev–Trinajstić information content (AvgIpc) is 3.21. The lowest BCUT2D eigenvalue weighted by molar-refractivity contribution is 0.0696. The quantitative estimate of drug-likeness (QED) is 0.562. The van der Waals surface area contributed by atoms with Crippen LogP contribution in [0.4, 0.5) is 10.5 Å². The fourth-order valence-electron chi connectivity index (χ4n) is 5.09. The van der Waals surface area contributed by atoms with Crippen molar-refractivity contribution in [3.05, 3.63) is 88.5 Å². The molecular formula is C29H26N2O4. The number of terminal acetylenes is 1. The van der Waals surface area contributed by atoms with Crippen molar-refractivity contribution >= 4 is 17.7 Å². The standard InChI is InChI=1S/C29H26N2O4/c1-3-20-16-21(17-26(19(20)2)28(32)33)30-12-14-31(15-13-30)29(34)35-18-27-24-10-6-4-8-22(24)23-9-5-7-11-25(23)27/h1,4-11,16-17,27H,12-15,18H2,2H3,(H,32,33). The number of carbonyl (C=O) groups is 2. The van der Waals surface area contributed by atoms with Gasteiger partial charge in [0.15, 0.2) is 0 Å². The summed E-state index contributed by atoms with van der Waals surface area (Å²) in [4.78, 5) is 28.3. The Hall–Kier alpha value is -4.24. The smallest absolute Gasteiger partial charge is 0.409 e. The molecule has 1 amide bonds. The average molecular weight is 467 g/mol. The van der Waals surface area contributed by atoms with Gasteiger partial charge in [-0.05, 0) is 46.9 Å². The van der Waals surface area contributed by atoms with Crippen LogP contribution in [0.25, 0.3) is 11.1 Å². The Bertz CT molecular complexity index is 1300. The number of piperazine rings is 1. The molecule has 3 aromatic carbocycles. The van der Waals surface area contributed by atoms with Crippen molar-refractivity contribution in [1.29, 1.82) is 0 Å². The summed E-state index contributed by atoms with van der Waals surface area (Å²) in [6, 6.07) is 20.0. The van der Waals surface area contributed by atoms with Crippen LogP contribution in [-0.4, -0.2) is 54.9 Å². The van der Waals surface area contributed by atoms with Gasteiger partial charge in [-0.25, -0.2) is 9.59 Å². The van der Waals surface area contributed by atoms with E-state index < -0.39 is 5.97 Å². The number of nitrogens with zero attached hydrogens (tertiary/aromatic N) is 2. The van der Waals surface area contributed by atoms with Crippen LogP contribution in [0.2, 0.25) is 0 Å². The Balaban J connectivity index is 1.24. The second-order valence-corrected chi connectivity index (χ2v) is 8.89. The molecule has 0 atom stereocenters. The number of carboxylic acids is 1. The van der Waals surface area contributed by atoms with E-state index in [0.29, 0.717) is 43.9 Å². The summed E-state index contributed by atoms with van der Waals surface area (Å²) in [7, 11) is 0. The largest absolute Gasteiger partial charge is 0.478 e. The minimum atomic E-state index is -1.00. The highest BCUT2D eigenvalue weighted by atomic mass is 16.6. The van der Waals surface area contributed by atoms with Gasteiger partial charge in [0.2, 0.25) is 0 Å². The van der Waals surface area contributed by atoms with Gasteiger partial charge in [0.05, 0.1) is 5.56 Å². The summed E-state index contributed by atoms with van der Waals surface area (Å²) in [5.41, 5.74) is 6.88. The van der Waals surface area contributed by atoms with Crippen molar-refractivity contribution in [2.45, 2.75) is 12.8 Å². The molecule has 0 spiro atoms. The van der Waals surface area contributed by atoms with Crippen LogP contribution in [0.15, 0.2) is 60.7 Å². The number of rotatable bonds is 4. The Morgan fingerprint density at radius 2 is 1.60 bits per heavy atom. The summed E-state index contributed by atoms with van der Waals surface area (Å²) in [5, 5.41) is 9.54. The molecule has 1 heterocycles. The van der Waals surface area contributed by atoms with Gasteiger partial charge in [0.1, 0.15) is 6.61 Å². The summed E-state index contributed by atoms with van der Waals surface area (Å²) in [5.74, 6) is 1.60. The van der Waals surface area contributed by atoms with Crippen molar-refractivity contribution in [1.82, 2.24) is 4.90 Å². The Morgan fingerprint density at radius 3 is 2.17 bits per heavy atom. The van der Waals surface area contributed by atoms with Crippen LogP contribution < -0.4 is 4.90 Å². The number of hydrogen-bond acceptors (Lipinski definition) is 4. The summed E-state index contributed by atoms with van der Waals surface area (Å²) in [6.45, 7) is 4.11. The van der Waals surface area contributed by atoms with Crippen LogP contribution in [0, 0.1) is 19.3 Å². The number of ether oxygens (including phenoxy) is 1. The molecule has 6 heteroatoms. The van der Waals surface area contributed by atoms with Gasteiger partial charge in [-0.15, -0.1) is 6.42 Å². The van der Waals surface area contributed by atoms with E-state index in [1.54, 1.807) is 17.9 Å². The Kier molecular flexibility index (Phi) is 5.92. The molecule has 2 aliphatic rings. The van der Waals surface area contributed by atoms with Crippen LogP contribution in [0.1, 0.15) is 38.5 Å². The van der Waals surface area contributed by atoms with E-state index in [-0.39, 0.29) is 17.6 Å². The highest BCUT2D eigenvalue weighted by molar-refractivity contribution is 5.91. The highest BCUT2D eigenvalue weighted by Crippen LogP contribution is 2.44. The normalized spacial score (nSPS) is 14.7. The van der Waals surface area contributed by atoms with Crippen molar-refractivity contribution in [2.75, 3.05) is 37.7 Å². The minimum absolute atomic E-state index is 0.0248. The highest BCUT2D eigenvalue weighted by Gasteiger charge is 2.30. The second kappa shape index (κ2) is 9.19. The number of hydrogen-bond donors (Lipinski definition) is 1. The predicted octanol–water partition coefficient (Wildman–Crippen LogP) is 4.75. The van der Waals surface area contributed by atoms with Crippen LogP contribution in [0.5, 0.6) is 0 Å². The van der Waals surface area contributed by atoms with E-state index >= 15 is 0 Å². The molecule has 0 aromatic heterocycles. The van der Waals surface area contributed by atoms with Crippen LogP contribution in [0.3, 0.4) is 0 Å². The first-order chi connectivity index (χ1) is 17.0. The van der Waals surface area contributed by atoms with Gasteiger partial charge in [0, 0.05) is 43.3 Å². The molecular weight excluding hydrogens is 440 g/mol. The number of benzene rings is 3. The molecule has 35 heavy (non-hydrogen) atoms. The van der Waals surface area contributed by atoms with Gasteiger partial charge in [-0.3, -0.25) is 0 Å². The first-order valence-electron chi connectivity index (χ1n) is 11.7. The van der Waals surface area contributed by atoms with Gasteiger partial charge in [0.25, 0.3) is 0 Å². The third-order valence-corrected chi connectivity index (χ3v) is 7.02. The number of anilines is 1. The van der Waals surface area contributed by atoms with E-state index in [1.807, 2.05) is 30.3 Å². The van der Waals surface area contributed by atoms with Gasteiger partial charge >= 0.3 is 12.1 Å². The van der Waals surface area contributed by atoms with Crippen molar-refractivity contribution in [2.24, 2.45) is 0 Å². The molecule has 1 saturated heterocycles. The maximum Gasteiger partial charge on any atom is 0.409 e. The number of aromatic carboxylic acids is 1. The van der Waals surface area contributed by atoms with E-state index in [2.05, 4.69) is 35.1 Å². The lowest BCUT2D eigenvalue weighted by atomic mass is 9.98. The topological polar surface area (TPSA) is 70.1 Å². The fourth-order valence-corrected chi connectivity index (χ4v) is 5.09. The Labute approximate surface area is 204 Å². The molecule has 0 unspecified atom stereocenters. The lowest BCUT2D eigenvalue weighted by Gasteiger charge is -2.36. The van der Waals surface area contributed by atoms with Crippen LogP contribution >= 0.6 is 0 Å². The third kappa shape index (κ3) is 4.10. The zero-order valence-electron chi connectivity index (χ0n) is 19.5. The first kappa shape index (κ1) is 22.5. The molecule has 3 aromatic rings. The summed E-state index contributed by atoms with van der Waals surface area (Å²) < 4.78 is 5.79. The number of carboxylic acid groups (broad SMARTS) is 1. The number of amides is 1. The molecule has 1 aliphatic carbocycles. The van der Waals surface area contributed by atoms with E-state index in [1.165, 1.54) is 22.3 Å². The SMILES string of the molecule is C#Cc1cc(N2CCN(C(=O)OCC3c4ccccc4-c4ccccc43)CC2)cc(C(=O)O)c1C. The van der Waals surface area contributed by atoms with Gasteiger partial charge in [-0.1, -0.05) is 54.5 Å². The molecule has 0 saturated carbocycles. The minimum Gasteiger partial charge on any atom is -0.478 e. The maximum atomic E-state index is 12.9. The monoisotopic (exact) mass is 466 g/mol. The second-order valence-electron chi connectivity index (χ2n) is 8.89. The predicted molar refractivity (Wildman–Crippen MR) is 135 cm³/mol. The molecule has 176 valence electrons. The fraction of sp³-hybridized carbons (Fsp3) is 0.241. The molecule has 6 nitrogen and oxygen atoms in total. The summed E-state index contributed by atoms with van der Waals surface area (Å²) >= 11 is 0. The zero-order chi connectivity index (χ0) is 24.5. The van der Waals surface area contributed by atoms with Gasteiger partial charge in [-0.2, -0.15) is 0 Å². The molecule has 5 rings (SSSR count). The molecule has 0 bridgehead atoms. The van der Waals surface area contributed by atoms with Crippen molar-refractivity contribution in [3.8, 4) is 23.5 Å². The number of fused-ring (bicyclic) bond motifs is 3. The molecule has 0 radical (unpaired) electrons. The van der Waals surface area contributed by atoms with Crippen molar-refractivity contribution in [3.63, 3.8) is 0 Å². The van der Waals surface area contributed by atoms with E-state index in [9.17, 15) is 14.7 Å². The lowest BCUT2D eigenvalue weighted by Crippen LogP contribution is -2.49. The first-order valence-corrected chi connectivity index (χ1v) is 11.7.